The van der Waals surface area contributed by atoms with Crippen LogP contribution in [0.1, 0.15) is 114 Å². The fraction of sp³-hybridized carbons (Fsp3) is 0.786. The molecule has 3 rings (SSSR count). The third-order valence-corrected chi connectivity index (χ3v) is 8.11. The van der Waals surface area contributed by atoms with Crippen molar-refractivity contribution in [1.29, 1.82) is 0 Å². The molecule has 158 valence electrons. The second kappa shape index (κ2) is 12.0. The fourth-order valence-corrected chi connectivity index (χ4v) is 6.10. The summed E-state index contributed by atoms with van der Waals surface area (Å²) in [6.07, 6.45) is 23.8. The van der Waals surface area contributed by atoms with E-state index in [4.69, 9.17) is 0 Å². The normalized spacial score (nSPS) is 28.4. The largest absolute Gasteiger partial charge is 0.0654 e. The Hall–Kier alpha value is -0.780. The molecule has 0 bridgehead atoms. The Balaban J connectivity index is 1.25. The molecular formula is C28H46. The van der Waals surface area contributed by atoms with E-state index in [0.29, 0.717) is 0 Å². The van der Waals surface area contributed by atoms with Gasteiger partial charge in [-0.2, -0.15) is 0 Å². The molecule has 0 amide bonds. The lowest BCUT2D eigenvalue weighted by Crippen LogP contribution is -2.25. The molecule has 0 spiro atoms. The van der Waals surface area contributed by atoms with E-state index in [9.17, 15) is 0 Å². The van der Waals surface area contributed by atoms with E-state index < -0.39 is 0 Å². The highest BCUT2D eigenvalue weighted by Crippen LogP contribution is 2.43. The van der Waals surface area contributed by atoms with Gasteiger partial charge in [-0.05, 0) is 74.7 Å². The molecule has 2 fully saturated rings. The summed E-state index contributed by atoms with van der Waals surface area (Å²) >= 11 is 0. The molecule has 0 radical (unpaired) electrons. The van der Waals surface area contributed by atoms with Gasteiger partial charge in [-0.3, -0.25) is 0 Å². The van der Waals surface area contributed by atoms with Crippen LogP contribution in [0.25, 0.3) is 0 Å². The predicted molar refractivity (Wildman–Crippen MR) is 124 cm³/mol. The molecule has 28 heavy (non-hydrogen) atoms. The molecule has 0 heteroatoms. The van der Waals surface area contributed by atoms with Gasteiger partial charge in [0, 0.05) is 0 Å². The van der Waals surface area contributed by atoms with Crippen molar-refractivity contribution in [3.8, 4) is 0 Å². The van der Waals surface area contributed by atoms with E-state index in [1.165, 1.54) is 75.3 Å². The van der Waals surface area contributed by atoms with E-state index in [-0.39, 0.29) is 0 Å². The minimum absolute atomic E-state index is 1.04. The topological polar surface area (TPSA) is 0 Å². The third kappa shape index (κ3) is 7.23. The minimum Gasteiger partial charge on any atom is -0.0654 e. The van der Waals surface area contributed by atoms with Crippen molar-refractivity contribution in [3.05, 3.63) is 35.4 Å². The Labute approximate surface area is 175 Å². The zero-order valence-electron chi connectivity index (χ0n) is 18.9. The van der Waals surface area contributed by atoms with Gasteiger partial charge in [-0.15, -0.1) is 0 Å². The molecule has 0 nitrogen and oxygen atoms in total. The van der Waals surface area contributed by atoms with Crippen LogP contribution in [0.2, 0.25) is 0 Å². The zero-order chi connectivity index (χ0) is 19.6. The van der Waals surface area contributed by atoms with Crippen molar-refractivity contribution in [2.45, 2.75) is 117 Å². The van der Waals surface area contributed by atoms with Crippen LogP contribution in [0.4, 0.5) is 0 Å². The summed E-state index contributed by atoms with van der Waals surface area (Å²) in [4.78, 5) is 0. The molecular weight excluding hydrogens is 336 g/mol. The van der Waals surface area contributed by atoms with Crippen molar-refractivity contribution >= 4 is 0 Å². The maximum atomic E-state index is 2.33. The Morgan fingerprint density at radius 1 is 0.643 bits per heavy atom. The van der Waals surface area contributed by atoms with Crippen molar-refractivity contribution in [1.82, 2.24) is 0 Å². The maximum absolute atomic E-state index is 2.33. The highest BCUT2D eigenvalue weighted by molar-refractivity contribution is 5.21. The third-order valence-electron chi connectivity index (χ3n) is 8.11. The average Bonchev–Trinajstić information content (AvgIpc) is 2.74. The van der Waals surface area contributed by atoms with Crippen molar-refractivity contribution in [3.63, 3.8) is 0 Å². The maximum Gasteiger partial charge on any atom is -0.0279 e. The molecule has 2 aliphatic rings. The average molecular weight is 383 g/mol. The van der Waals surface area contributed by atoms with Gasteiger partial charge in [-0.1, -0.05) is 101 Å². The van der Waals surface area contributed by atoms with Crippen LogP contribution in [0.5, 0.6) is 0 Å². The number of hydrogen-bond donors (Lipinski definition) is 0. The molecule has 1 aromatic carbocycles. The van der Waals surface area contributed by atoms with Gasteiger partial charge in [-0.25, -0.2) is 0 Å². The van der Waals surface area contributed by atoms with E-state index >= 15 is 0 Å². The van der Waals surface area contributed by atoms with Gasteiger partial charge < -0.3 is 0 Å². The smallest absolute Gasteiger partial charge is 0.0279 e. The first kappa shape index (κ1) is 21.9. The number of hydrogen-bond acceptors (Lipinski definition) is 0. The van der Waals surface area contributed by atoms with Crippen LogP contribution in [0.15, 0.2) is 24.3 Å². The first-order chi connectivity index (χ1) is 13.7. The molecule has 0 aromatic heterocycles. The van der Waals surface area contributed by atoms with Gasteiger partial charge in [0.25, 0.3) is 0 Å². The summed E-state index contributed by atoms with van der Waals surface area (Å²) < 4.78 is 0. The van der Waals surface area contributed by atoms with E-state index in [0.717, 1.165) is 23.7 Å². The molecule has 2 aliphatic carbocycles. The number of aryl methyl sites for hydroxylation is 2. The number of benzene rings is 1. The van der Waals surface area contributed by atoms with Crippen LogP contribution in [0, 0.1) is 30.6 Å². The van der Waals surface area contributed by atoms with Crippen LogP contribution in [-0.2, 0) is 6.42 Å². The lowest BCUT2D eigenvalue weighted by molar-refractivity contribution is 0.139. The lowest BCUT2D eigenvalue weighted by atomic mass is 9.68. The van der Waals surface area contributed by atoms with Crippen molar-refractivity contribution < 1.29 is 0 Å². The highest BCUT2D eigenvalue weighted by Gasteiger charge is 2.30. The first-order valence-electron chi connectivity index (χ1n) is 12.8. The summed E-state index contributed by atoms with van der Waals surface area (Å²) in [5.41, 5.74) is 2.91. The van der Waals surface area contributed by atoms with Crippen LogP contribution in [0.3, 0.4) is 0 Å². The Morgan fingerprint density at radius 3 is 1.64 bits per heavy atom. The lowest BCUT2D eigenvalue weighted by Gasteiger charge is -2.38. The molecule has 0 unspecified atom stereocenters. The number of rotatable bonds is 10. The summed E-state index contributed by atoms with van der Waals surface area (Å²) in [5.74, 6) is 4.29. The first-order valence-corrected chi connectivity index (χ1v) is 12.8. The van der Waals surface area contributed by atoms with Gasteiger partial charge in [0.15, 0.2) is 0 Å². The fourth-order valence-electron chi connectivity index (χ4n) is 6.10. The highest BCUT2D eigenvalue weighted by atomic mass is 14.4. The van der Waals surface area contributed by atoms with E-state index in [1.807, 2.05) is 0 Å². The van der Waals surface area contributed by atoms with Crippen LogP contribution < -0.4 is 0 Å². The predicted octanol–water partition coefficient (Wildman–Crippen LogP) is 8.90. The molecule has 0 heterocycles. The quantitative estimate of drug-likeness (QED) is 0.354. The minimum atomic E-state index is 1.04. The summed E-state index contributed by atoms with van der Waals surface area (Å²) in [5, 5.41) is 0. The van der Waals surface area contributed by atoms with Gasteiger partial charge in [0.2, 0.25) is 0 Å². The van der Waals surface area contributed by atoms with Crippen LogP contribution in [-0.4, -0.2) is 0 Å². The molecule has 0 N–H and O–H groups in total. The number of unbranched alkanes of at least 4 members (excludes halogenated alkanes) is 3. The van der Waals surface area contributed by atoms with E-state index in [1.54, 1.807) is 38.5 Å². The second-order valence-corrected chi connectivity index (χ2v) is 10.3. The van der Waals surface area contributed by atoms with Gasteiger partial charge in [0.05, 0.1) is 0 Å². The molecule has 0 atom stereocenters. The standard InChI is InChI=1S/C28H46/c1-3-4-5-8-25-15-19-27(20-16-25)28-21-17-26(18-22-28)10-7-6-9-24-13-11-23(2)12-14-24/h11-14,25-28H,3-10,15-22H2,1-2H3/t25-,26?,27-,28?. The summed E-state index contributed by atoms with van der Waals surface area (Å²) in [6.45, 7) is 4.51. The summed E-state index contributed by atoms with van der Waals surface area (Å²) in [7, 11) is 0. The van der Waals surface area contributed by atoms with Crippen molar-refractivity contribution in [2.24, 2.45) is 23.7 Å². The molecule has 1 aromatic rings. The molecule has 2 saturated carbocycles. The monoisotopic (exact) mass is 382 g/mol. The van der Waals surface area contributed by atoms with Crippen molar-refractivity contribution in [2.75, 3.05) is 0 Å². The molecule has 0 saturated heterocycles. The SMILES string of the molecule is CCCCC[C@H]1CC[C@H](C2CCC(CCCCc3ccc(C)cc3)CC2)CC1. The van der Waals surface area contributed by atoms with Crippen LogP contribution >= 0.6 is 0 Å². The Morgan fingerprint density at radius 2 is 1.14 bits per heavy atom. The zero-order valence-corrected chi connectivity index (χ0v) is 18.9. The summed E-state index contributed by atoms with van der Waals surface area (Å²) in [6, 6.07) is 9.16. The Bertz CT molecular complexity index is 511. The second-order valence-electron chi connectivity index (χ2n) is 10.3. The van der Waals surface area contributed by atoms with Gasteiger partial charge in [0.1, 0.15) is 0 Å². The Kier molecular flexibility index (Phi) is 9.42. The van der Waals surface area contributed by atoms with E-state index in [2.05, 4.69) is 38.1 Å². The molecule has 0 aliphatic heterocycles. The van der Waals surface area contributed by atoms with Gasteiger partial charge >= 0.3 is 0 Å².